The molecule has 3 N–H and O–H groups in total. The molecule has 0 aliphatic rings. The summed E-state index contributed by atoms with van der Waals surface area (Å²) in [5.74, 6) is -3.23. The van der Waals surface area contributed by atoms with Crippen molar-refractivity contribution in [2.24, 2.45) is 5.16 Å². The van der Waals surface area contributed by atoms with Crippen LogP contribution in [0.2, 0.25) is 10.0 Å². The number of halogens is 7. The van der Waals surface area contributed by atoms with E-state index in [4.69, 9.17) is 34.1 Å². The molecule has 1 aromatic carbocycles. The summed E-state index contributed by atoms with van der Waals surface area (Å²) >= 11 is 11.7. The van der Waals surface area contributed by atoms with E-state index in [1.165, 1.54) is 0 Å². The van der Waals surface area contributed by atoms with Crippen molar-refractivity contribution < 1.29 is 27.2 Å². The van der Waals surface area contributed by atoms with E-state index in [0.717, 1.165) is 10.9 Å². The summed E-state index contributed by atoms with van der Waals surface area (Å²) in [6, 6.07) is 1.20. The van der Waals surface area contributed by atoms with Crippen molar-refractivity contribution in [2.45, 2.75) is 16.8 Å². The quantitative estimate of drug-likeness (QED) is 0.242. The fourth-order valence-electron chi connectivity index (χ4n) is 1.89. The van der Waals surface area contributed by atoms with Gasteiger partial charge in [0, 0.05) is 0 Å². The normalized spacial score (nSPS) is 12.5. The Morgan fingerprint density at radius 3 is 2.28 bits per heavy atom. The Labute approximate surface area is 151 Å². The predicted molar refractivity (Wildman–Crippen MR) is 84.2 cm³/mol. The topological polar surface area (TPSA) is 76.4 Å². The van der Waals surface area contributed by atoms with Crippen molar-refractivity contribution in [3.63, 3.8) is 0 Å². The first-order valence-corrected chi connectivity index (χ1v) is 7.77. The summed E-state index contributed by atoms with van der Waals surface area (Å²) in [5, 5.41) is 14.2. The lowest BCUT2D eigenvalue weighted by atomic mass is 10.2. The molecule has 0 saturated heterocycles. The minimum Gasteiger partial charge on any atom is -0.411 e. The van der Waals surface area contributed by atoms with E-state index in [0.29, 0.717) is 12.1 Å². The van der Waals surface area contributed by atoms with E-state index in [9.17, 15) is 22.0 Å². The van der Waals surface area contributed by atoms with E-state index >= 15 is 0 Å². The minimum absolute atomic E-state index is 0.0161. The average Bonchev–Trinajstić information content (AvgIpc) is 2.75. The van der Waals surface area contributed by atoms with Crippen LogP contribution in [-0.2, 0) is 6.18 Å². The summed E-state index contributed by atoms with van der Waals surface area (Å²) in [6.45, 7) is 0. The number of hydrogen-bond donors (Lipinski definition) is 2. The second-order valence-electron chi connectivity index (χ2n) is 4.42. The number of nitrogen functional groups attached to an aromatic ring is 1. The Hall–Kier alpha value is -1.72. The first-order valence-electron chi connectivity index (χ1n) is 6.13. The van der Waals surface area contributed by atoms with Gasteiger partial charge in [0.1, 0.15) is 17.2 Å². The lowest BCUT2D eigenvalue weighted by molar-refractivity contribution is -0.137. The van der Waals surface area contributed by atoms with Gasteiger partial charge in [-0.3, -0.25) is 0 Å². The van der Waals surface area contributed by atoms with Crippen LogP contribution in [0.3, 0.4) is 0 Å². The fraction of sp³-hybridized carbons (Fsp3) is 0.167. The molecule has 136 valence electrons. The molecule has 2 rings (SSSR count). The molecule has 0 spiro atoms. The van der Waals surface area contributed by atoms with E-state index in [-0.39, 0.29) is 33.9 Å². The van der Waals surface area contributed by atoms with Crippen molar-refractivity contribution in [3.05, 3.63) is 33.4 Å². The number of rotatable bonds is 4. The molecular formula is C12H7Cl2F5N4OS. The molecule has 0 aliphatic carbocycles. The van der Waals surface area contributed by atoms with Crippen LogP contribution in [0.25, 0.3) is 5.69 Å². The lowest BCUT2D eigenvalue weighted by Crippen LogP contribution is -2.08. The van der Waals surface area contributed by atoms with Crippen molar-refractivity contribution in [1.82, 2.24) is 9.78 Å². The Kier molecular flexibility index (Phi) is 5.69. The Bertz CT molecular complexity index is 802. The molecule has 1 heterocycles. The van der Waals surface area contributed by atoms with Gasteiger partial charge in [0.05, 0.1) is 26.7 Å². The summed E-state index contributed by atoms with van der Waals surface area (Å²) in [4.78, 5) is -0.250. The van der Waals surface area contributed by atoms with Crippen LogP contribution in [0, 0.1) is 0 Å². The number of nitrogens with two attached hydrogens (primary N) is 1. The highest BCUT2D eigenvalue weighted by Crippen LogP contribution is 2.40. The van der Waals surface area contributed by atoms with Crippen molar-refractivity contribution in [1.29, 1.82) is 0 Å². The Balaban J connectivity index is 2.67. The SMILES string of the molecule is Nc1c(SC(F)F)c(C=NO)nn1-c1c(Cl)cc(C(F)(F)F)cc1Cl. The van der Waals surface area contributed by atoms with Crippen LogP contribution < -0.4 is 5.73 Å². The second kappa shape index (κ2) is 7.26. The molecule has 0 bridgehead atoms. The first kappa shape index (κ1) is 19.6. The molecule has 2 aromatic rings. The molecule has 0 amide bonds. The summed E-state index contributed by atoms with van der Waals surface area (Å²) < 4.78 is 64.5. The number of anilines is 1. The highest BCUT2D eigenvalue weighted by molar-refractivity contribution is 7.99. The summed E-state index contributed by atoms with van der Waals surface area (Å²) in [5.41, 5.74) is 4.17. The third kappa shape index (κ3) is 4.10. The van der Waals surface area contributed by atoms with Gasteiger partial charge in [-0.1, -0.05) is 28.4 Å². The molecule has 0 saturated carbocycles. The smallest absolute Gasteiger partial charge is 0.411 e. The van der Waals surface area contributed by atoms with Crippen LogP contribution in [0.5, 0.6) is 0 Å². The van der Waals surface area contributed by atoms with Crippen molar-refractivity contribution in [2.75, 3.05) is 5.73 Å². The Morgan fingerprint density at radius 2 is 1.84 bits per heavy atom. The maximum Gasteiger partial charge on any atom is 0.416 e. The molecule has 0 fully saturated rings. The molecule has 25 heavy (non-hydrogen) atoms. The van der Waals surface area contributed by atoms with Crippen LogP contribution in [0.15, 0.2) is 22.2 Å². The molecular weight excluding hydrogens is 414 g/mol. The van der Waals surface area contributed by atoms with Crippen LogP contribution in [-0.4, -0.2) is 27.0 Å². The van der Waals surface area contributed by atoms with E-state index in [1.807, 2.05) is 0 Å². The molecule has 1 aromatic heterocycles. The molecule has 5 nitrogen and oxygen atoms in total. The minimum atomic E-state index is -4.69. The highest BCUT2D eigenvalue weighted by Gasteiger charge is 2.33. The number of nitrogens with zero attached hydrogens (tertiary/aromatic N) is 3. The van der Waals surface area contributed by atoms with Gasteiger partial charge in [-0.25, -0.2) is 4.68 Å². The molecule has 13 heteroatoms. The maximum absolute atomic E-state index is 12.8. The maximum atomic E-state index is 12.8. The number of alkyl halides is 5. The van der Waals surface area contributed by atoms with E-state index < -0.39 is 27.5 Å². The second-order valence-corrected chi connectivity index (χ2v) is 6.24. The zero-order valence-corrected chi connectivity index (χ0v) is 14.1. The number of oxime groups is 1. The van der Waals surface area contributed by atoms with Gasteiger partial charge >= 0.3 is 6.18 Å². The third-order valence-electron chi connectivity index (χ3n) is 2.84. The zero-order valence-electron chi connectivity index (χ0n) is 11.7. The fourth-order valence-corrected chi connectivity index (χ4v) is 3.13. The largest absolute Gasteiger partial charge is 0.416 e. The van der Waals surface area contributed by atoms with Gasteiger partial charge < -0.3 is 10.9 Å². The van der Waals surface area contributed by atoms with Gasteiger partial charge in [-0.15, -0.1) is 0 Å². The number of benzene rings is 1. The molecule has 0 aliphatic heterocycles. The van der Waals surface area contributed by atoms with Gasteiger partial charge in [-0.05, 0) is 23.9 Å². The van der Waals surface area contributed by atoms with Crippen LogP contribution in [0.4, 0.5) is 27.8 Å². The summed E-state index contributed by atoms with van der Waals surface area (Å²) in [6.07, 6.45) is -3.95. The average molecular weight is 421 g/mol. The third-order valence-corrected chi connectivity index (χ3v) is 4.25. The number of aromatic nitrogens is 2. The molecule has 0 unspecified atom stereocenters. The standard InChI is InChI=1S/C12H7Cl2F5N4OS/c13-5-1-4(12(17,18)19)2-6(14)8(5)23-10(20)9(25-11(15)16)7(22-23)3-21-24/h1-3,11,24H,20H2. The number of hydrogen-bond acceptors (Lipinski definition) is 5. The lowest BCUT2D eigenvalue weighted by Gasteiger charge is -2.13. The number of thioether (sulfide) groups is 1. The van der Waals surface area contributed by atoms with Crippen LogP contribution in [0.1, 0.15) is 11.3 Å². The van der Waals surface area contributed by atoms with Crippen LogP contribution >= 0.6 is 35.0 Å². The van der Waals surface area contributed by atoms with Crippen molar-refractivity contribution >= 4 is 47.0 Å². The Morgan fingerprint density at radius 1 is 1.28 bits per heavy atom. The van der Waals surface area contributed by atoms with Crippen molar-refractivity contribution in [3.8, 4) is 5.69 Å². The van der Waals surface area contributed by atoms with Gasteiger partial charge in [0.15, 0.2) is 0 Å². The van der Waals surface area contributed by atoms with Gasteiger partial charge in [0.25, 0.3) is 5.76 Å². The molecule has 0 radical (unpaired) electrons. The first-order chi connectivity index (χ1) is 11.6. The predicted octanol–water partition coefficient (Wildman–Crippen LogP) is 4.90. The van der Waals surface area contributed by atoms with Gasteiger partial charge in [0.2, 0.25) is 0 Å². The van der Waals surface area contributed by atoms with E-state index in [2.05, 4.69) is 10.3 Å². The van der Waals surface area contributed by atoms with Gasteiger partial charge in [-0.2, -0.15) is 27.1 Å². The summed E-state index contributed by atoms with van der Waals surface area (Å²) in [7, 11) is 0. The zero-order chi connectivity index (χ0) is 18.9. The highest BCUT2D eigenvalue weighted by atomic mass is 35.5. The van der Waals surface area contributed by atoms with E-state index in [1.54, 1.807) is 0 Å². The monoisotopic (exact) mass is 420 g/mol. The molecule has 0 atom stereocenters.